The topological polar surface area (TPSA) is 75.7 Å². The third kappa shape index (κ3) is 5.38. The van der Waals surface area contributed by atoms with Crippen LogP contribution in [0.25, 0.3) is 0 Å². The molecule has 31 heavy (non-hydrogen) atoms. The number of rotatable bonds is 4. The third-order valence-corrected chi connectivity index (χ3v) is 6.96. The molecule has 1 saturated heterocycles. The second-order valence-electron chi connectivity index (χ2n) is 7.26. The van der Waals surface area contributed by atoms with E-state index in [4.69, 9.17) is 16.3 Å². The lowest BCUT2D eigenvalue weighted by Gasteiger charge is -2.34. The molecule has 2 aromatic rings. The largest absolute Gasteiger partial charge is 0.416 e. The molecule has 168 valence electrons. The van der Waals surface area contributed by atoms with Gasteiger partial charge in [0.2, 0.25) is 10.0 Å². The predicted octanol–water partition coefficient (Wildman–Crippen LogP) is 4.41. The minimum absolute atomic E-state index is 0.0604. The monoisotopic (exact) mass is 476 g/mol. The van der Waals surface area contributed by atoms with Crippen LogP contribution < -0.4 is 5.32 Å². The van der Waals surface area contributed by atoms with E-state index in [0.29, 0.717) is 0 Å². The van der Waals surface area contributed by atoms with E-state index in [1.54, 1.807) is 13.8 Å². The molecule has 6 nitrogen and oxygen atoms in total. The maximum absolute atomic E-state index is 13.1. The van der Waals surface area contributed by atoms with E-state index >= 15 is 0 Å². The maximum atomic E-state index is 13.1. The van der Waals surface area contributed by atoms with E-state index < -0.39 is 27.7 Å². The first-order chi connectivity index (χ1) is 14.4. The summed E-state index contributed by atoms with van der Waals surface area (Å²) in [6, 6.07) is 7.83. The lowest BCUT2D eigenvalue weighted by Crippen LogP contribution is -2.48. The molecule has 11 heteroatoms. The first kappa shape index (κ1) is 23.5. The van der Waals surface area contributed by atoms with Crippen molar-refractivity contribution in [2.75, 3.05) is 18.4 Å². The Morgan fingerprint density at radius 1 is 1.13 bits per heavy atom. The molecule has 0 radical (unpaired) electrons. The van der Waals surface area contributed by atoms with Crippen molar-refractivity contribution in [2.45, 2.75) is 37.1 Å². The molecule has 1 aliphatic rings. The van der Waals surface area contributed by atoms with E-state index in [9.17, 15) is 26.4 Å². The molecule has 3 rings (SSSR count). The number of carbonyl (C=O) groups excluding carboxylic acids is 1. The molecule has 1 N–H and O–H groups in total. The second kappa shape index (κ2) is 8.78. The van der Waals surface area contributed by atoms with Crippen LogP contribution in [0.2, 0.25) is 5.02 Å². The number of carbonyl (C=O) groups is 1. The number of benzene rings is 2. The fraction of sp³-hybridized carbons (Fsp3) is 0.350. The average Bonchev–Trinajstić information content (AvgIpc) is 2.67. The van der Waals surface area contributed by atoms with Crippen LogP contribution in [-0.4, -0.2) is 43.9 Å². The Labute approximate surface area is 183 Å². The Kier molecular flexibility index (Phi) is 6.66. The van der Waals surface area contributed by atoms with Crippen LogP contribution in [-0.2, 0) is 20.9 Å². The van der Waals surface area contributed by atoms with Crippen molar-refractivity contribution in [3.8, 4) is 0 Å². The number of sulfonamides is 1. The highest BCUT2D eigenvalue weighted by Crippen LogP contribution is 2.31. The van der Waals surface area contributed by atoms with E-state index in [0.717, 1.165) is 24.3 Å². The normalized spacial score (nSPS) is 20.5. The lowest BCUT2D eigenvalue weighted by atomic mass is 10.1. The van der Waals surface area contributed by atoms with Gasteiger partial charge in [-0.15, -0.1) is 0 Å². The van der Waals surface area contributed by atoms with Crippen molar-refractivity contribution in [1.82, 2.24) is 4.31 Å². The SMILES string of the molecule is CC1CN(S(=O)(=O)c2cc(C(=O)Nc3cccc(C(F)(F)F)c3)ccc2Cl)CC(C)O1. The first-order valence-electron chi connectivity index (χ1n) is 9.31. The van der Waals surface area contributed by atoms with Gasteiger partial charge in [-0.2, -0.15) is 17.5 Å². The van der Waals surface area contributed by atoms with Crippen LogP contribution in [0.1, 0.15) is 29.8 Å². The molecular weight excluding hydrogens is 457 g/mol. The van der Waals surface area contributed by atoms with Crippen LogP contribution in [0, 0.1) is 0 Å². The number of nitrogens with one attached hydrogen (secondary N) is 1. The van der Waals surface area contributed by atoms with Crippen molar-refractivity contribution in [1.29, 1.82) is 0 Å². The fourth-order valence-corrected chi connectivity index (χ4v) is 5.38. The van der Waals surface area contributed by atoms with Crippen molar-refractivity contribution < 1.29 is 31.1 Å². The van der Waals surface area contributed by atoms with Gasteiger partial charge in [0.15, 0.2) is 0 Å². The number of hydrogen-bond donors (Lipinski definition) is 1. The summed E-state index contributed by atoms with van der Waals surface area (Å²) >= 11 is 6.11. The molecule has 1 fully saturated rings. The summed E-state index contributed by atoms with van der Waals surface area (Å²) in [5.41, 5.74) is -1.05. The summed E-state index contributed by atoms with van der Waals surface area (Å²) in [4.78, 5) is 12.3. The number of alkyl halides is 3. The number of anilines is 1. The first-order valence-corrected chi connectivity index (χ1v) is 11.1. The predicted molar refractivity (Wildman–Crippen MR) is 110 cm³/mol. The molecule has 0 aliphatic carbocycles. The third-order valence-electron chi connectivity index (χ3n) is 4.65. The molecule has 1 amide bonds. The van der Waals surface area contributed by atoms with E-state index in [2.05, 4.69) is 5.32 Å². The van der Waals surface area contributed by atoms with Gasteiger partial charge in [0.1, 0.15) is 4.90 Å². The van der Waals surface area contributed by atoms with Crippen LogP contribution in [0.3, 0.4) is 0 Å². The number of morpholine rings is 1. The lowest BCUT2D eigenvalue weighted by molar-refractivity contribution is -0.137. The maximum Gasteiger partial charge on any atom is 0.416 e. The van der Waals surface area contributed by atoms with Gasteiger partial charge in [0, 0.05) is 24.3 Å². The molecule has 2 aromatic carbocycles. The quantitative estimate of drug-likeness (QED) is 0.709. The number of halogens is 4. The molecule has 0 bridgehead atoms. The molecule has 0 aromatic heterocycles. The van der Waals surface area contributed by atoms with Crippen molar-refractivity contribution in [3.63, 3.8) is 0 Å². The van der Waals surface area contributed by atoms with E-state index in [1.165, 1.54) is 22.5 Å². The smallest absolute Gasteiger partial charge is 0.373 e. The van der Waals surface area contributed by atoms with Gasteiger partial charge < -0.3 is 10.1 Å². The molecule has 1 heterocycles. The standard InChI is InChI=1S/C20H20ClF3N2O4S/c1-12-10-26(11-13(2)30-12)31(28,29)18-8-14(6-7-17(18)21)19(27)25-16-5-3-4-15(9-16)20(22,23)24/h3-9,12-13H,10-11H2,1-2H3,(H,25,27). The van der Waals surface area contributed by atoms with Crippen LogP contribution >= 0.6 is 11.6 Å². The van der Waals surface area contributed by atoms with Gasteiger partial charge in [0.05, 0.1) is 22.8 Å². The Morgan fingerprint density at radius 3 is 2.39 bits per heavy atom. The fourth-order valence-electron chi connectivity index (χ4n) is 3.28. The average molecular weight is 477 g/mol. The van der Waals surface area contributed by atoms with Gasteiger partial charge in [-0.25, -0.2) is 8.42 Å². The summed E-state index contributed by atoms with van der Waals surface area (Å²) in [5, 5.41) is 2.28. The van der Waals surface area contributed by atoms with Gasteiger partial charge in [-0.3, -0.25) is 4.79 Å². The zero-order chi connectivity index (χ0) is 23.0. The van der Waals surface area contributed by atoms with Crippen molar-refractivity contribution in [2.24, 2.45) is 0 Å². The number of nitrogens with zero attached hydrogens (tertiary/aromatic N) is 1. The highest BCUT2D eigenvalue weighted by molar-refractivity contribution is 7.89. The summed E-state index contributed by atoms with van der Waals surface area (Å²) in [6.07, 6.45) is -5.19. The Morgan fingerprint density at radius 2 is 1.77 bits per heavy atom. The van der Waals surface area contributed by atoms with Gasteiger partial charge in [0.25, 0.3) is 5.91 Å². The number of hydrogen-bond acceptors (Lipinski definition) is 4. The number of amides is 1. The van der Waals surface area contributed by atoms with Crippen LogP contribution in [0.15, 0.2) is 47.4 Å². The second-order valence-corrected chi connectivity index (χ2v) is 9.57. The number of ether oxygens (including phenoxy) is 1. The Hall–Kier alpha value is -2.14. The van der Waals surface area contributed by atoms with Gasteiger partial charge in [-0.05, 0) is 50.2 Å². The minimum atomic E-state index is -4.56. The summed E-state index contributed by atoms with van der Waals surface area (Å²) in [5.74, 6) is -0.767. The molecule has 2 unspecified atom stereocenters. The van der Waals surface area contributed by atoms with E-state index in [1.807, 2.05) is 0 Å². The molecular formula is C20H20ClF3N2O4S. The molecule has 0 saturated carbocycles. The Bertz CT molecular complexity index is 1080. The molecule has 0 spiro atoms. The van der Waals surface area contributed by atoms with Crippen LogP contribution in [0.4, 0.5) is 18.9 Å². The van der Waals surface area contributed by atoms with Gasteiger partial charge >= 0.3 is 6.18 Å². The highest BCUT2D eigenvalue weighted by atomic mass is 35.5. The molecule has 1 aliphatic heterocycles. The Balaban J connectivity index is 1.88. The van der Waals surface area contributed by atoms with E-state index in [-0.39, 0.29) is 46.5 Å². The van der Waals surface area contributed by atoms with Crippen molar-refractivity contribution >= 4 is 33.2 Å². The highest BCUT2D eigenvalue weighted by Gasteiger charge is 2.34. The summed E-state index contributed by atoms with van der Waals surface area (Å²) < 4.78 is 71.7. The van der Waals surface area contributed by atoms with Gasteiger partial charge in [-0.1, -0.05) is 17.7 Å². The van der Waals surface area contributed by atoms with Crippen molar-refractivity contribution in [3.05, 3.63) is 58.6 Å². The zero-order valence-corrected chi connectivity index (χ0v) is 18.2. The molecule has 2 atom stereocenters. The van der Waals surface area contributed by atoms with Crippen LogP contribution in [0.5, 0.6) is 0 Å². The minimum Gasteiger partial charge on any atom is -0.373 e. The summed E-state index contributed by atoms with van der Waals surface area (Å²) in [6.45, 7) is 3.75. The summed E-state index contributed by atoms with van der Waals surface area (Å²) in [7, 11) is -4.02. The zero-order valence-electron chi connectivity index (χ0n) is 16.6.